The first-order chi connectivity index (χ1) is 11.8. The molecule has 1 heterocycles. The fourth-order valence-corrected chi connectivity index (χ4v) is 3.96. The van der Waals surface area contributed by atoms with Gasteiger partial charge in [-0.2, -0.15) is 9.40 Å². The van der Waals surface area contributed by atoms with Crippen LogP contribution in [0.15, 0.2) is 41.6 Å². The molecule has 1 saturated carbocycles. The Labute approximate surface area is 144 Å². The Morgan fingerprint density at radius 2 is 1.92 bits per heavy atom. The number of alkyl halides is 2. The smallest absolute Gasteiger partial charge is 0.257 e. The maximum atomic E-state index is 13.0. The molecule has 0 amide bonds. The number of nitrogens with zero attached hydrogens (tertiary/aromatic N) is 3. The van der Waals surface area contributed by atoms with Gasteiger partial charge in [-0.05, 0) is 36.5 Å². The van der Waals surface area contributed by atoms with Crippen LogP contribution in [0.4, 0.5) is 13.2 Å². The van der Waals surface area contributed by atoms with Crippen molar-refractivity contribution in [3.05, 3.63) is 48.0 Å². The Hall–Kier alpha value is -1.87. The Morgan fingerprint density at radius 3 is 2.52 bits per heavy atom. The van der Waals surface area contributed by atoms with Crippen LogP contribution < -0.4 is 0 Å². The van der Waals surface area contributed by atoms with Crippen molar-refractivity contribution in [3.63, 3.8) is 0 Å². The van der Waals surface area contributed by atoms with Crippen LogP contribution in [-0.2, 0) is 23.1 Å². The van der Waals surface area contributed by atoms with Crippen molar-refractivity contribution in [3.8, 4) is 0 Å². The third kappa shape index (κ3) is 4.60. The summed E-state index contributed by atoms with van der Waals surface area (Å²) in [6.45, 7) is -0.213. The summed E-state index contributed by atoms with van der Waals surface area (Å²) >= 11 is 0. The molecule has 0 aliphatic heterocycles. The molecule has 9 heteroatoms. The highest BCUT2D eigenvalue weighted by atomic mass is 32.2. The highest BCUT2D eigenvalue weighted by Crippen LogP contribution is 2.32. The molecule has 0 radical (unpaired) electrons. The van der Waals surface area contributed by atoms with Gasteiger partial charge in [0.15, 0.2) is 0 Å². The summed E-state index contributed by atoms with van der Waals surface area (Å²) in [5.74, 6) is -0.0973. The molecule has 1 aromatic heterocycles. The maximum Gasteiger partial charge on any atom is 0.257 e. The lowest BCUT2D eigenvalue weighted by Gasteiger charge is -2.21. The molecule has 25 heavy (non-hydrogen) atoms. The van der Waals surface area contributed by atoms with Gasteiger partial charge in [0, 0.05) is 19.3 Å². The molecule has 0 bridgehead atoms. The highest BCUT2D eigenvalue weighted by molar-refractivity contribution is 7.89. The fraction of sp³-hybridized carbons (Fsp3) is 0.438. The quantitative estimate of drug-likeness (QED) is 0.715. The number of hydrogen-bond acceptors (Lipinski definition) is 3. The summed E-state index contributed by atoms with van der Waals surface area (Å²) in [5, 5.41) is 3.70. The van der Waals surface area contributed by atoms with Gasteiger partial charge >= 0.3 is 0 Å². The van der Waals surface area contributed by atoms with Crippen LogP contribution in [0, 0.1) is 11.7 Å². The van der Waals surface area contributed by atoms with Crippen LogP contribution >= 0.6 is 0 Å². The van der Waals surface area contributed by atoms with E-state index < -0.39 is 28.8 Å². The van der Waals surface area contributed by atoms with Crippen molar-refractivity contribution in [2.75, 3.05) is 6.54 Å². The summed E-state index contributed by atoms with van der Waals surface area (Å²) < 4.78 is 65.9. The third-order valence-electron chi connectivity index (χ3n) is 4.00. The van der Waals surface area contributed by atoms with Gasteiger partial charge in [-0.15, -0.1) is 0 Å². The summed E-state index contributed by atoms with van der Waals surface area (Å²) in [7, 11) is -3.87. The number of halogens is 3. The molecule has 0 unspecified atom stereocenters. The Balaban J connectivity index is 1.83. The van der Waals surface area contributed by atoms with Gasteiger partial charge < -0.3 is 0 Å². The number of hydrogen-bond donors (Lipinski definition) is 0. The van der Waals surface area contributed by atoms with Gasteiger partial charge in [0.05, 0.1) is 6.20 Å². The SMILES string of the molecule is O=S(=O)(c1cnn(CC(F)F)c1)N(Cc1ccc(F)cc1)CC1CC1. The van der Waals surface area contributed by atoms with Gasteiger partial charge in [0.2, 0.25) is 10.0 Å². The summed E-state index contributed by atoms with van der Waals surface area (Å²) in [4.78, 5) is -0.115. The van der Waals surface area contributed by atoms with E-state index in [0.717, 1.165) is 29.9 Å². The lowest BCUT2D eigenvalue weighted by molar-refractivity contribution is 0.121. The molecule has 3 rings (SSSR count). The van der Waals surface area contributed by atoms with Gasteiger partial charge in [0.1, 0.15) is 17.3 Å². The molecular weight excluding hydrogens is 355 g/mol. The first kappa shape index (κ1) is 17.9. The zero-order valence-corrected chi connectivity index (χ0v) is 14.2. The summed E-state index contributed by atoms with van der Waals surface area (Å²) in [5.41, 5.74) is 0.658. The van der Waals surface area contributed by atoms with Crippen LogP contribution in [-0.4, -0.2) is 35.5 Å². The molecule has 136 valence electrons. The average Bonchev–Trinajstić information content (AvgIpc) is 3.24. The van der Waals surface area contributed by atoms with E-state index in [2.05, 4.69) is 5.10 Å². The standard InChI is InChI=1S/C16H18F3N3O2S/c17-14-5-3-13(4-6-14)9-22(8-12-1-2-12)25(23,24)15-7-20-21(10-15)11-16(18)19/h3-7,10,12,16H,1-2,8-9,11H2. The van der Waals surface area contributed by atoms with E-state index in [1.807, 2.05) is 0 Å². The van der Waals surface area contributed by atoms with E-state index in [-0.39, 0.29) is 11.4 Å². The molecule has 1 fully saturated rings. The van der Waals surface area contributed by atoms with Crippen molar-refractivity contribution in [1.29, 1.82) is 0 Å². The van der Waals surface area contributed by atoms with Crippen LogP contribution in [0.2, 0.25) is 0 Å². The minimum Gasteiger partial charge on any atom is -0.266 e. The van der Waals surface area contributed by atoms with Crippen LogP contribution in [0.3, 0.4) is 0 Å². The summed E-state index contributed by atoms with van der Waals surface area (Å²) in [6, 6.07) is 5.62. The molecule has 0 spiro atoms. The van der Waals surface area contributed by atoms with Crippen LogP contribution in [0.25, 0.3) is 0 Å². The van der Waals surface area contributed by atoms with E-state index >= 15 is 0 Å². The first-order valence-electron chi connectivity index (χ1n) is 7.90. The zero-order chi connectivity index (χ0) is 18.0. The summed E-state index contributed by atoms with van der Waals surface area (Å²) in [6.07, 6.45) is 1.51. The molecular formula is C16H18F3N3O2S. The lowest BCUT2D eigenvalue weighted by atomic mass is 10.2. The third-order valence-corrected chi connectivity index (χ3v) is 5.77. The van der Waals surface area contributed by atoms with Gasteiger partial charge in [-0.25, -0.2) is 21.6 Å². The molecule has 0 saturated heterocycles. The normalized spacial score (nSPS) is 15.2. The Bertz CT molecular complexity index is 817. The highest BCUT2D eigenvalue weighted by Gasteiger charge is 2.32. The molecule has 0 N–H and O–H groups in total. The van der Waals surface area contributed by atoms with E-state index in [1.54, 1.807) is 0 Å². The molecule has 1 aromatic carbocycles. The average molecular weight is 373 g/mol. The Kier molecular flexibility index (Phi) is 5.14. The predicted octanol–water partition coefficient (Wildman–Crippen LogP) is 2.89. The number of benzene rings is 1. The molecule has 1 aliphatic carbocycles. The van der Waals surface area contributed by atoms with Crippen LogP contribution in [0.1, 0.15) is 18.4 Å². The second-order valence-corrected chi connectivity index (χ2v) is 8.09. The van der Waals surface area contributed by atoms with E-state index in [1.165, 1.54) is 28.6 Å². The van der Waals surface area contributed by atoms with Crippen molar-refractivity contribution >= 4 is 10.0 Å². The van der Waals surface area contributed by atoms with Gasteiger partial charge in [-0.3, -0.25) is 4.68 Å². The largest absolute Gasteiger partial charge is 0.266 e. The van der Waals surface area contributed by atoms with E-state index in [4.69, 9.17) is 0 Å². The molecule has 1 aliphatic rings. The molecule has 0 atom stereocenters. The fourth-order valence-electron chi connectivity index (χ4n) is 2.50. The van der Waals surface area contributed by atoms with Crippen molar-refractivity contribution in [1.82, 2.24) is 14.1 Å². The zero-order valence-electron chi connectivity index (χ0n) is 13.4. The monoisotopic (exact) mass is 373 g/mol. The van der Waals surface area contributed by atoms with Crippen molar-refractivity contribution < 1.29 is 21.6 Å². The second-order valence-electron chi connectivity index (χ2n) is 6.16. The number of aromatic nitrogens is 2. The van der Waals surface area contributed by atoms with Gasteiger partial charge in [-0.1, -0.05) is 12.1 Å². The topological polar surface area (TPSA) is 55.2 Å². The van der Waals surface area contributed by atoms with E-state index in [0.29, 0.717) is 18.0 Å². The maximum absolute atomic E-state index is 13.0. The van der Waals surface area contributed by atoms with Crippen LogP contribution in [0.5, 0.6) is 0 Å². The minimum absolute atomic E-state index is 0.0964. The van der Waals surface area contributed by atoms with E-state index in [9.17, 15) is 21.6 Å². The van der Waals surface area contributed by atoms with Gasteiger partial charge in [0.25, 0.3) is 6.43 Å². The lowest BCUT2D eigenvalue weighted by Crippen LogP contribution is -2.32. The number of sulfonamides is 1. The minimum atomic E-state index is -3.87. The molecule has 5 nitrogen and oxygen atoms in total. The second kappa shape index (κ2) is 7.17. The number of rotatable bonds is 8. The van der Waals surface area contributed by atoms with Crippen molar-refractivity contribution in [2.45, 2.75) is 37.3 Å². The Morgan fingerprint density at radius 1 is 1.24 bits per heavy atom. The predicted molar refractivity (Wildman–Crippen MR) is 85.0 cm³/mol. The molecule has 2 aromatic rings. The van der Waals surface area contributed by atoms with Crippen molar-refractivity contribution in [2.24, 2.45) is 5.92 Å². The first-order valence-corrected chi connectivity index (χ1v) is 9.34.